The first kappa shape index (κ1) is 9.22. The van der Waals surface area contributed by atoms with Crippen molar-refractivity contribution < 1.29 is 4.74 Å². The van der Waals surface area contributed by atoms with Crippen molar-refractivity contribution in [1.29, 1.82) is 0 Å². The van der Waals surface area contributed by atoms with Crippen LogP contribution in [0.15, 0.2) is 24.3 Å². The average Bonchev–Trinajstić information content (AvgIpc) is 2.99. The SMILES string of the molecule is c1cc(C2CN2)ccc1OC1CCCC1. The van der Waals surface area contributed by atoms with E-state index in [9.17, 15) is 0 Å². The minimum absolute atomic E-state index is 0.467. The molecule has 2 heteroatoms. The Balaban J connectivity index is 1.64. The summed E-state index contributed by atoms with van der Waals surface area (Å²) in [5, 5.41) is 3.30. The molecular weight excluding hydrogens is 186 g/mol. The largest absolute Gasteiger partial charge is 0.490 e. The van der Waals surface area contributed by atoms with Crippen molar-refractivity contribution in [1.82, 2.24) is 5.32 Å². The summed E-state index contributed by atoms with van der Waals surface area (Å²) >= 11 is 0. The maximum Gasteiger partial charge on any atom is 0.119 e. The van der Waals surface area contributed by atoms with Crippen LogP contribution in [0.2, 0.25) is 0 Å². The van der Waals surface area contributed by atoms with Gasteiger partial charge in [-0.25, -0.2) is 0 Å². The van der Waals surface area contributed by atoms with Crippen LogP contribution in [0.25, 0.3) is 0 Å². The fourth-order valence-electron chi connectivity index (χ4n) is 2.27. The normalized spacial score (nSPS) is 25.5. The lowest BCUT2D eigenvalue weighted by Crippen LogP contribution is -2.10. The van der Waals surface area contributed by atoms with Crippen LogP contribution >= 0.6 is 0 Å². The highest BCUT2D eigenvalue weighted by Gasteiger charge is 2.22. The van der Waals surface area contributed by atoms with Gasteiger partial charge in [0.2, 0.25) is 0 Å². The monoisotopic (exact) mass is 203 g/mol. The third-order valence-corrected chi connectivity index (χ3v) is 3.30. The van der Waals surface area contributed by atoms with E-state index in [4.69, 9.17) is 4.74 Å². The highest BCUT2D eigenvalue weighted by atomic mass is 16.5. The van der Waals surface area contributed by atoms with Gasteiger partial charge >= 0.3 is 0 Å². The van der Waals surface area contributed by atoms with Crippen LogP contribution in [-0.2, 0) is 0 Å². The van der Waals surface area contributed by atoms with Crippen molar-refractivity contribution in [3.8, 4) is 5.75 Å². The second-order valence-electron chi connectivity index (χ2n) is 4.55. The van der Waals surface area contributed by atoms with Crippen LogP contribution < -0.4 is 10.1 Å². The summed E-state index contributed by atoms with van der Waals surface area (Å²) in [4.78, 5) is 0. The molecule has 15 heavy (non-hydrogen) atoms. The van der Waals surface area contributed by atoms with Gasteiger partial charge in [-0.15, -0.1) is 0 Å². The van der Waals surface area contributed by atoms with E-state index in [1.807, 2.05) is 0 Å². The van der Waals surface area contributed by atoms with Crippen LogP contribution in [0.5, 0.6) is 5.75 Å². The smallest absolute Gasteiger partial charge is 0.119 e. The standard InChI is InChI=1S/C13H17NO/c1-2-4-11(3-1)15-12-7-5-10(6-8-12)13-9-14-13/h5-8,11,13-14H,1-4,9H2. The minimum Gasteiger partial charge on any atom is -0.490 e. The predicted molar refractivity (Wildman–Crippen MR) is 60.1 cm³/mol. The predicted octanol–water partition coefficient (Wildman–Crippen LogP) is 2.65. The molecule has 1 saturated heterocycles. The van der Waals surface area contributed by atoms with Crippen molar-refractivity contribution in [2.45, 2.75) is 37.8 Å². The summed E-state index contributed by atoms with van der Waals surface area (Å²) in [6, 6.07) is 9.16. The molecule has 0 radical (unpaired) electrons. The van der Waals surface area contributed by atoms with Crippen molar-refractivity contribution in [2.75, 3.05) is 6.54 Å². The zero-order valence-corrected chi connectivity index (χ0v) is 8.91. The molecule has 1 saturated carbocycles. The molecule has 1 aliphatic heterocycles. The lowest BCUT2D eigenvalue weighted by molar-refractivity contribution is 0.210. The van der Waals surface area contributed by atoms with Gasteiger partial charge in [0.05, 0.1) is 6.10 Å². The van der Waals surface area contributed by atoms with E-state index in [0.29, 0.717) is 12.1 Å². The first-order chi connectivity index (χ1) is 7.42. The number of benzene rings is 1. The van der Waals surface area contributed by atoms with E-state index in [1.54, 1.807) is 0 Å². The van der Waals surface area contributed by atoms with Gasteiger partial charge in [0.1, 0.15) is 5.75 Å². The topological polar surface area (TPSA) is 31.2 Å². The molecule has 1 atom stereocenters. The van der Waals surface area contributed by atoms with Gasteiger partial charge in [-0.2, -0.15) is 0 Å². The molecule has 1 unspecified atom stereocenters. The molecule has 2 aliphatic rings. The summed E-state index contributed by atoms with van der Waals surface area (Å²) in [7, 11) is 0. The first-order valence-electron chi connectivity index (χ1n) is 5.92. The van der Waals surface area contributed by atoms with Gasteiger partial charge in [-0.3, -0.25) is 0 Å². The Morgan fingerprint density at radius 2 is 1.73 bits per heavy atom. The van der Waals surface area contributed by atoms with Gasteiger partial charge in [-0.05, 0) is 43.4 Å². The van der Waals surface area contributed by atoms with Crippen molar-refractivity contribution >= 4 is 0 Å². The van der Waals surface area contributed by atoms with Crippen LogP contribution in [0.1, 0.15) is 37.3 Å². The molecule has 1 aromatic carbocycles. The molecule has 0 amide bonds. The highest BCUT2D eigenvalue weighted by molar-refractivity contribution is 5.31. The van der Waals surface area contributed by atoms with Gasteiger partial charge in [0.15, 0.2) is 0 Å². The van der Waals surface area contributed by atoms with E-state index in [1.165, 1.54) is 31.2 Å². The number of rotatable bonds is 3. The Kier molecular flexibility index (Phi) is 2.37. The number of hydrogen-bond donors (Lipinski definition) is 1. The minimum atomic E-state index is 0.467. The maximum atomic E-state index is 5.91. The molecule has 3 rings (SSSR count). The molecule has 1 aromatic rings. The number of hydrogen-bond acceptors (Lipinski definition) is 2. The zero-order valence-electron chi connectivity index (χ0n) is 8.91. The molecule has 1 N–H and O–H groups in total. The Labute approximate surface area is 90.6 Å². The highest BCUT2D eigenvalue weighted by Crippen LogP contribution is 2.27. The Hall–Kier alpha value is -1.02. The first-order valence-corrected chi connectivity index (χ1v) is 5.92. The van der Waals surface area contributed by atoms with Gasteiger partial charge < -0.3 is 10.1 Å². The van der Waals surface area contributed by atoms with E-state index < -0.39 is 0 Å². The molecule has 1 heterocycles. The summed E-state index contributed by atoms with van der Waals surface area (Å²) < 4.78 is 5.91. The molecule has 0 spiro atoms. The Morgan fingerprint density at radius 3 is 2.33 bits per heavy atom. The van der Waals surface area contributed by atoms with Crippen LogP contribution in [0.3, 0.4) is 0 Å². The van der Waals surface area contributed by atoms with E-state index >= 15 is 0 Å². The fraction of sp³-hybridized carbons (Fsp3) is 0.538. The molecule has 2 nitrogen and oxygen atoms in total. The summed E-state index contributed by atoms with van der Waals surface area (Å²) in [6.45, 7) is 1.13. The molecular formula is C13H17NO. The molecule has 80 valence electrons. The second-order valence-corrected chi connectivity index (χ2v) is 4.55. The van der Waals surface area contributed by atoms with Crippen molar-refractivity contribution in [2.24, 2.45) is 0 Å². The average molecular weight is 203 g/mol. The number of ether oxygens (including phenoxy) is 1. The molecule has 0 aromatic heterocycles. The zero-order chi connectivity index (χ0) is 10.1. The van der Waals surface area contributed by atoms with Crippen LogP contribution in [-0.4, -0.2) is 12.6 Å². The Bertz CT molecular complexity index is 323. The maximum absolute atomic E-state index is 5.91. The van der Waals surface area contributed by atoms with E-state index in [0.717, 1.165) is 12.3 Å². The van der Waals surface area contributed by atoms with Crippen molar-refractivity contribution in [3.63, 3.8) is 0 Å². The molecule has 1 aliphatic carbocycles. The quantitative estimate of drug-likeness (QED) is 0.766. The third kappa shape index (κ3) is 2.15. The lowest BCUT2D eigenvalue weighted by atomic mass is 10.1. The van der Waals surface area contributed by atoms with Gasteiger partial charge in [-0.1, -0.05) is 12.1 Å². The summed E-state index contributed by atoms with van der Waals surface area (Å²) in [5.74, 6) is 1.03. The molecule has 2 fully saturated rings. The molecule has 0 bridgehead atoms. The van der Waals surface area contributed by atoms with Crippen molar-refractivity contribution in [3.05, 3.63) is 29.8 Å². The van der Waals surface area contributed by atoms with E-state index in [2.05, 4.69) is 29.6 Å². The van der Waals surface area contributed by atoms with Gasteiger partial charge in [0, 0.05) is 12.6 Å². The number of nitrogens with one attached hydrogen (secondary N) is 1. The summed E-state index contributed by atoms with van der Waals surface area (Å²) in [5.41, 5.74) is 1.38. The van der Waals surface area contributed by atoms with Gasteiger partial charge in [0.25, 0.3) is 0 Å². The second kappa shape index (κ2) is 3.86. The third-order valence-electron chi connectivity index (χ3n) is 3.30. The van der Waals surface area contributed by atoms with E-state index in [-0.39, 0.29) is 0 Å². The van der Waals surface area contributed by atoms with Crippen LogP contribution in [0.4, 0.5) is 0 Å². The fourth-order valence-corrected chi connectivity index (χ4v) is 2.27. The lowest BCUT2D eigenvalue weighted by Gasteiger charge is -2.13. The van der Waals surface area contributed by atoms with Crippen LogP contribution in [0, 0.1) is 0 Å². The Morgan fingerprint density at radius 1 is 1.07 bits per heavy atom. The summed E-state index contributed by atoms with van der Waals surface area (Å²) in [6.07, 6.45) is 5.58.